The van der Waals surface area contributed by atoms with E-state index in [4.69, 9.17) is 0 Å². The van der Waals surface area contributed by atoms with Gasteiger partial charge in [-0.05, 0) is 37.0 Å². The van der Waals surface area contributed by atoms with Gasteiger partial charge in [0.15, 0.2) is 0 Å². The largest absolute Gasteiger partial charge is 0.333 e. The van der Waals surface area contributed by atoms with Crippen molar-refractivity contribution in [1.29, 1.82) is 0 Å². The standard InChI is InChI=1S/C17H22FN3O2/c1-12-4-3-7-20(10-12)17(23)19-14-9-16(22)21(11-14)15-6-2-5-13(18)8-15/h2,5-6,8,12,14H,3-4,7,9-11H2,1H3,(H,19,23)/t12-,14+/m0/s1. The molecule has 0 aromatic heterocycles. The second-order valence-electron chi connectivity index (χ2n) is 6.53. The normalized spacial score (nSPS) is 24.9. The molecule has 0 spiro atoms. The third kappa shape index (κ3) is 3.63. The van der Waals surface area contributed by atoms with Gasteiger partial charge in [-0.25, -0.2) is 9.18 Å². The van der Waals surface area contributed by atoms with Gasteiger partial charge in [-0.15, -0.1) is 0 Å². The average Bonchev–Trinajstić information content (AvgIpc) is 2.88. The van der Waals surface area contributed by atoms with Gasteiger partial charge in [-0.2, -0.15) is 0 Å². The van der Waals surface area contributed by atoms with Crippen molar-refractivity contribution in [3.05, 3.63) is 30.1 Å². The molecule has 2 fully saturated rings. The number of hydrogen-bond donors (Lipinski definition) is 1. The molecule has 23 heavy (non-hydrogen) atoms. The summed E-state index contributed by atoms with van der Waals surface area (Å²) in [6.45, 7) is 4.06. The summed E-state index contributed by atoms with van der Waals surface area (Å²) in [4.78, 5) is 27.8. The Bertz CT molecular complexity index is 607. The minimum absolute atomic E-state index is 0.0899. The Hall–Kier alpha value is -2.11. The molecule has 5 nitrogen and oxygen atoms in total. The lowest BCUT2D eigenvalue weighted by Crippen LogP contribution is -2.49. The van der Waals surface area contributed by atoms with E-state index in [1.54, 1.807) is 12.1 Å². The van der Waals surface area contributed by atoms with Gasteiger partial charge in [0.25, 0.3) is 0 Å². The van der Waals surface area contributed by atoms with Gasteiger partial charge in [0.05, 0.1) is 6.04 Å². The van der Waals surface area contributed by atoms with Crippen molar-refractivity contribution in [2.45, 2.75) is 32.2 Å². The number of hydrogen-bond acceptors (Lipinski definition) is 2. The predicted octanol–water partition coefficient (Wildman–Crippen LogP) is 2.37. The number of amides is 3. The summed E-state index contributed by atoms with van der Waals surface area (Å²) in [5.41, 5.74) is 0.540. The van der Waals surface area contributed by atoms with Crippen molar-refractivity contribution >= 4 is 17.6 Å². The molecule has 0 aliphatic carbocycles. The number of nitrogens with zero attached hydrogens (tertiary/aromatic N) is 2. The van der Waals surface area contributed by atoms with Crippen molar-refractivity contribution in [3.8, 4) is 0 Å². The first-order valence-corrected chi connectivity index (χ1v) is 8.14. The molecule has 2 aliphatic rings. The van der Waals surface area contributed by atoms with E-state index in [9.17, 15) is 14.0 Å². The van der Waals surface area contributed by atoms with Gasteiger partial charge in [0.1, 0.15) is 5.82 Å². The van der Waals surface area contributed by atoms with E-state index in [1.165, 1.54) is 17.0 Å². The Labute approximate surface area is 135 Å². The van der Waals surface area contributed by atoms with Crippen LogP contribution in [0.1, 0.15) is 26.2 Å². The molecule has 1 aromatic rings. The Morgan fingerprint density at radius 2 is 2.17 bits per heavy atom. The van der Waals surface area contributed by atoms with Crippen LogP contribution >= 0.6 is 0 Å². The third-order valence-corrected chi connectivity index (χ3v) is 4.52. The number of benzene rings is 1. The highest BCUT2D eigenvalue weighted by Crippen LogP contribution is 2.23. The number of anilines is 1. The number of nitrogens with one attached hydrogen (secondary N) is 1. The molecule has 1 N–H and O–H groups in total. The zero-order chi connectivity index (χ0) is 16.4. The summed E-state index contributed by atoms with van der Waals surface area (Å²) in [6, 6.07) is 5.65. The summed E-state index contributed by atoms with van der Waals surface area (Å²) in [7, 11) is 0. The molecule has 0 radical (unpaired) electrons. The number of carbonyl (C=O) groups excluding carboxylic acids is 2. The van der Waals surface area contributed by atoms with Crippen LogP contribution in [0.2, 0.25) is 0 Å². The van der Waals surface area contributed by atoms with E-state index in [-0.39, 0.29) is 30.2 Å². The fraction of sp³-hybridized carbons (Fsp3) is 0.529. The number of likely N-dealkylation sites (tertiary alicyclic amines) is 1. The number of rotatable bonds is 2. The summed E-state index contributed by atoms with van der Waals surface area (Å²) in [5.74, 6) is 0.0569. The molecule has 0 saturated carbocycles. The van der Waals surface area contributed by atoms with Crippen LogP contribution in [0, 0.1) is 11.7 Å². The minimum Gasteiger partial charge on any atom is -0.333 e. The van der Waals surface area contributed by atoms with E-state index in [2.05, 4.69) is 12.2 Å². The van der Waals surface area contributed by atoms with E-state index < -0.39 is 0 Å². The smallest absolute Gasteiger partial charge is 0.317 e. The lowest BCUT2D eigenvalue weighted by atomic mass is 10.0. The molecule has 0 unspecified atom stereocenters. The van der Waals surface area contributed by atoms with Crippen LogP contribution < -0.4 is 10.2 Å². The van der Waals surface area contributed by atoms with Crippen LogP contribution in [0.4, 0.5) is 14.9 Å². The Balaban J connectivity index is 1.60. The van der Waals surface area contributed by atoms with Gasteiger partial charge >= 0.3 is 6.03 Å². The van der Waals surface area contributed by atoms with Gasteiger partial charge in [0.2, 0.25) is 5.91 Å². The maximum Gasteiger partial charge on any atom is 0.317 e. The summed E-state index contributed by atoms with van der Waals surface area (Å²) < 4.78 is 13.3. The number of carbonyl (C=O) groups is 2. The van der Waals surface area contributed by atoms with Crippen LogP contribution in [0.5, 0.6) is 0 Å². The van der Waals surface area contributed by atoms with Crippen molar-refractivity contribution in [2.75, 3.05) is 24.5 Å². The Morgan fingerprint density at radius 1 is 1.35 bits per heavy atom. The van der Waals surface area contributed by atoms with Crippen LogP contribution in [-0.4, -0.2) is 42.5 Å². The first kappa shape index (κ1) is 15.8. The van der Waals surface area contributed by atoms with Crippen molar-refractivity contribution in [3.63, 3.8) is 0 Å². The number of halogens is 1. The minimum atomic E-state index is -0.370. The van der Waals surface area contributed by atoms with E-state index in [0.29, 0.717) is 18.2 Å². The van der Waals surface area contributed by atoms with Gasteiger partial charge in [-0.3, -0.25) is 4.79 Å². The van der Waals surface area contributed by atoms with Crippen LogP contribution in [0.3, 0.4) is 0 Å². The molecular weight excluding hydrogens is 297 g/mol. The lowest BCUT2D eigenvalue weighted by Gasteiger charge is -2.31. The van der Waals surface area contributed by atoms with Crippen LogP contribution in [0.15, 0.2) is 24.3 Å². The topological polar surface area (TPSA) is 52.7 Å². The van der Waals surface area contributed by atoms with Crippen LogP contribution in [-0.2, 0) is 4.79 Å². The van der Waals surface area contributed by atoms with Gasteiger partial charge < -0.3 is 15.1 Å². The predicted molar refractivity (Wildman–Crippen MR) is 85.7 cm³/mol. The zero-order valence-electron chi connectivity index (χ0n) is 13.3. The van der Waals surface area contributed by atoms with Gasteiger partial charge in [-0.1, -0.05) is 13.0 Å². The summed E-state index contributed by atoms with van der Waals surface area (Å²) >= 11 is 0. The zero-order valence-corrected chi connectivity index (χ0v) is 13.3. The van der Waals surface area contributed by atoms with E-state index >= 15 is 0 Å². The second kappa shape index (κ2) is 6.56. The molecule has 3 rings (SSSR count). The monoisotopic (exact) mass is 319 g/mol. The summed E-state index contributed by atoms with van der Waals surface area (Å²) in [6.07, 6.45) is 2.43. The molecule has 1 aromatic carbocycles. The summed E-state index contributed by atoms with van der Waals surface area (Å²) in [5, 5.41) is 2.94. The van der Waals surface area contributed by atoms with Crippen molar-refractivity contribution in [1.82, 2.24) is 10.2 Å². The highest BCUT2D eigenvalue weighted by molar-refractivity contribution is 5.96. The fourth-order valence-corrected chi connectivity index (χ4v) is 3.34. The molecule has 6 heteroatoms. The first-order valence-electron chi connectivity index (χ1n) is 8.14. The Kier molecular flexibility index (Phi) is 4.50. The maximum absolute atomic E-state index is 13.3. The van der Waals surface area contributed by atoms with Crippen LogP contribution in [0.25, 0.3) is 0 Å². The number of piperidine rings is 1. The first-order chi connectivity index (χ1) is 11.0. The molecule has 3 amide bonds. The third-order valence-electron chi connectivity index (χ3n) is 4.52. The quantitative estimate of drug-likeness (QED) is 0.910. The molecule has 2 saturated heterocycles. The highest BCUT2D eigenvalue weighted by Gasteiger charge is 2.33. The molecule has 0 bridgehead atoms. The second-order valence-corrected chi connectivity index (χ2v) is 6.53. The van der Waals surface area contributed by atoms with E-state index in [1.807, 2.05) is 4.90 Å². The molecule has 2 heterocycles. The van der Waals surface area contributed by atoms with Gasteiger partial charge in [0, 0.05) is 31.7 Å². The van der Waals surface area contributed by atoms with E-state index in [0.717, 1.165) is 25.9 Å². The molecule has 2 atom stereocenters. The average molecular weight is 319 g/mol. The number of urea groups is 1. The van der Waals surface area contributed by atoms with Crippen molar-refractivity contribution in [2.24, 2.45) is 5.92 Å². The SMILES string of the molecule is C[C@H]1CCCN(C(=O)N[C@@H]2CC(=O)N(c3cccc(F)c3)C2)C1. The fourth-order valence-electron chi connectivity index (χ4n) is 3.34. The Morgan fingerprint density at radius 3 is 2.91 bits per heavy atom. The highest BCUT2D eigenvalue weighted by atomic mass is 19.1. The van der Waals surface area contributed by atoms with Crippen molar-refractivity contribution < 1.29 is 14.0 Å². The molecule has 124 valence electrons. The lowest BCUT2D eigenvalue weighted by molar-refractivity contribution is -0.117. The molecule has 2 aliphatic heterocycles. The maximum atomic E-state index is 13.3. The molecular formula is C17H22FN3O2.